The highest BCUT2D eigenvalue weighted by molar-refractivity contribution is 6.23. The van der Waals surface area contributed by atoms with E-state index in [-0.39, 0.29) is 41.8 Å². The molecule has 0 unspecified atom stereocenters. The fourth-order valence-corrected chi connectivity index (χ4v) is 5.34. The van der Waals surface area contributed by atoms with E-state index in [1.807, 2.05) is 36.4 Å². The van der Waals surface area contributed by atoms with Gasteiger partial charge in [-0.05, 0) is 24.5 Å². The Labute approximate surface area is 191 Å². The third-order valence-corrected chi connectivity index (χ3v) is 6.70. The maximum atomic E-state index is 13.9. The number of nitrogens with two attached hydrogens (primary N) is 1. The highest BCUT2D eigenvalue weighted by Gasteiger charge is 2.63. The highest BCUT2D eigenvalue weighted by Crippen LogP contribution is 2.56. The number of benzene rings is 2. The van der Waals surface area contributed by atoms with Gasteiger partial charge in [-0.25, -0.2) is 4.79 Å². The van der Waals surface area contributed by atoms with Crippen molar-refractivity contribution in [2.24, 2.45) is 5.73 Å². The van der Waals surface area contributed by atoms with Crippen molar-refractivity contribution in [1.29, 1.82) is 0 Å². The Morgan fingerprint density at radius 1 is 1.12 bits per heavy atom. The minimum absolute atomic E-state index is 0.0906. The number of likely N-dealkylation sites (N-methyl/N-ethyl adjacent to an activating group) is 1. The molecule has 7 nitrogen and oxygen atoms in total. The molecule has 0 bridgehead atoms. The van der Waals surface area contributed by atoms with Crippen LogP contribution in [0.2, 0.25) is 0 Å². The summed E-state index contributed by atoms with van der Waals surface area (Å²) >= 11 is 0. The molecule has 0 saturated carbocycles. The SMILES string of the molecule is CCOC(=O)C1=C(N)OC2=C(C(=O)C[C@@H](c3ccccc3)C2)[C@]12C(=O)N(C)c1ccccc12. The summed E-state index contributed by atoms with van der Waals surface area (Å²) in [7, 11) is 1.63. The lowest BCUT2D eigenvalue weighted by atomic mass is 9.63. The first kappa shape index (κ1) is 21.0. The smallest absolute Gasteiger partial charge is 0.341 e. The molecule has 1 spiro atoms. The monoisotopic (exact) mass is 444 g/mol. The van der Waals surface area contributed by atoms with Gasteiger partial charge < -0.3 is 20.1 Å². The number of hydrogen-bond acceptors (Lipinski definition) is 6. The van der Waals surface area contributed by atoms with Crippen molar-refractivity contribution in [2.75, 3.05) is 18.6 Å². The lowest BCUT2D eigenvalue weighted by molar-refractivity contribution is -0.141. The molecule has 0 fully saturated rings. The number of ether oxygens (including phenoxy) is 2. The Hall–Kier alpha value is -3.87. The van der Waals surface area contributed by atoms with Crippen molar-refractivity contribution in [3.63, 3.8) is 0 Å². The van der Waals surface area contributed by atoms with Crippen molar-refractivity contribution in [2.45, 2.75) is 31.1 Å². The van der Waals surface area contributed by atoms with Gasteiger partial charge in [0.25, 0.3) is 0 Å². The molecule has 1 aliphatic carbocycles. The number of allylic oxidation sites excluding steroid dienone is 1. The molecule has 2 heterocycles. The van der Waals surface area contributed by atoms with Crippen LogP contribution in [0.3, 0.4) is 0 Å². The molecule has 2 aromatic carbocycles. The summed E-state index contributed by atoms with van der Waals surface area (Å²) < 4.78 is 11.2. The Kier molecular flexibility index (Phi) is 4.85. The predicted octanol–water partition coefficient (Wildman–Crippen LogP) is 3.07. The number of Topliss-reactive ketones (excluding diaryl/α,β-unsaturated/α-hetero) is 1. The first-order valence-electron chi connectivity index (χ1n) is 11.0. The van der Waals surface area contributed by atoms with Crippen LogP contribution in [0.5, 0.6) is 0 Å². The number of ketones is 1. The van der Waals surface area contributed by atoms with Crippen LogP contribution in [0.4, 0.5) is 5.69 Å². The predicted molar refractivity (Wildman–Crippen MR) is 121 cm³/mol. The summed E-state index contributed by atoms with van der Waals surface area (Å²) in [5.74, 6) is -1.40. The van der Waals surface area contributed by atoms with E-state index in [4.69, 9.17) is 15.2 Å². The fourth-order valence-electron chi connectivity index (χ4n) is 5.34. The highest BCUT2D eigenvalue weighted by atomic mass is 16.5. The largest absolute Gasteiger partial charge is 0.462 e. The molecule has 0 radical (unpaired) electrons. The van der Waals surface area contributed by atoms with Gasteiger partial charge in [-0.15, -0.1) is 0 Å². The Balaban J connectivity index is 1.76. The maximum absolute atomic E-state index is 13.9. The third-order valence-electron chi connectivity index (χ3n) is 6.70. The molecule has 0 saturated heterocycles. The average Bonchev–Trinajstić information content (AvgIpc) is 3.02. The molecule has 2 aromatic rings. The minimum atomic E-state index is -1.69. The zero-order valence-corrected chi connectivity index (χ0v) is 18.5. The van der Waals surface area contributed by atoms with Gasteiger partial charge in [-0.1, -0.05) is 48.5 Å². The number of carbonyl (C=O) groups is 3. The van der Waals surface area contributed by atoms with Crippen LogP contribution in [0.15, 0.2) is 77.4 Å². The topological polar surface area (TPSA) is 98.9 Å². The number of amides is 1. The van der Waals surface area contributed by atoms with Gasteiger partial charge in [-0.3, -0.25) is 9.59 Å². The Morgan fingerprint density at radius 2 is 1.82 bits per heavy atom. The van der Waals surface area contributed by atoms with Gasteiger partial charge in [0.15, 0.2) is 5.78 Å². The van der Waals surface area contributed by atoms with Crippen molar-refractivity contribution >= 4 is 23.3 Å². The van der Waals surface area contributed by atoms with E-state index >= 15 is 0 Å². The van der Waals surface area contributed by atoms with Crippen LogP contribution in [-0.4, -0.2) is 31.3 Å². The van der Waals surface area contributed by atoms with Crippen LogP contribution in [0, 0.1) is 0 Å². The Morgan fingerprint density at radius 3 is 2.55 bits per heavy atom. The van der Waals surface area contributed by atoms with Gasteiger partial charge in [0.05, 0.1) is 12.2 Å². The first-order valence-corrected chi connectivity index (χ1v) is 11.0. The molecule has 168 valence electrons. The lowest BCUT2D eigenvalue weighted by Gasteiger charge is -2.40. The minimum Gasteiger partial charge on any atom is -0.462 e. The van der Waals surface area contributed by atoms with Gasteiger partial charge in [-0.2, -0.15) is 0 Å². The summed E-state index contributed by atoms with van der Waals surface area (Å²) in [6.07, 6.45) is 0.589. The van der Waals surface area contributed by atoms with Crippen molar-refractivity contribution in [1.82, 2.24) is 0 Å². The van der Waals surface area contributed by atoms with Gasteiger partial charge >= 0.3 is 5.97 Å². The molecule has 3 aliphatic rings. The zero-order chi connectivity index (χ0) is 23.3. The van der Waals surface area contributed by atoms with Crippen molar-refractivity contribution < 1.29 is 23.9 Å². The second-order valence-corrected chi connectivity index (χ2v) is 8.43. The molecule has 33 heavy (non-hydrogen) atoms. The van der Waals surface area contributed by atoms with Gasteiger partial charge in [0, 0.05) is 31.1 Å². The Bertz CT molecular complexity index is 1250. The van der Waals surface area contributed by atoms with Crippen molar-refractivity contribution in [3.05, 3.63) is 88.5 Å². The second kappa shape index (κ2) is 7.62. The van der Waals surface area contributed by atoms with E-state index < -0.39 is 17.3 Å². The number of rotatable bonds is 3. The lowest BCUT2D eigenvalue weighted by Crippen LogP contribution is -2.51. The molecule has 2 aliphatic heterocycles. The van der Waals surface area contributed by atoms with E-state index in [0.717, 1.165) is 5.56 Å². The van der Waals surface area contributed by atoms with E-state index in [1.165, 1.54) is 4.90 Å². The second-order valence-electron chi connectivity index (χ2n) is 8.43. The fraction of sp³-hybridized carbons (Fsp3) is 0.269. The molecular formula is C26H24N2O5. The van der Waals surface area contributed by atoms with E-state index in [2.05, 4.69) is 0 Å². The van der Waals surface area contributed by atoms with Crippen LogP contribution in [0.1, 0.15) is 36.8 Å². The molecule has 2 atom stereocenters. The van der Waals surface area contributed by atoms with Crippen LogP contribution in [-0.2, 0) is 29.3 Å². The van der Waals surface area contributed by atoms with Crippen LogP contribution < -0.4 is 10.6 Å². The molecule has 0 aromatic heterocycles. The standard InChI is InChI=1S/C26H24N2O5/c1-3-32-24(30)22-23(27)33-20-14-16(15-9-5-4-6-10-15)13-19(29)21(20)26(22)17-11-7-8-12-18(17)28(2)25(26)31/h4-12,16H,3,13-14,27H2,1-2H3/t16-,26+/m1/s1. The summed E-state index contributed by atoms with van der Waals surface area (Å²) in [6.45, 7) is 1.76. The number of esters is 1. The van der Waals surface area contributed by atoms with Crippen LogP contribution in [0.25, 0.3) is 0 Å². The van der Waals surface area contributed by atoms with E-state index in [0.29, 0.717) is 23.4 Å². The number of carbonyl (C=O) groups excluding carboxylic acids is 3. The third kappa shape index (κ3) is 2.85. The van der Waals surface area contributed by atoms with E-state index in [9.17, 15) is 14.4 Å². The molecule has 2 N–H and O–H groups in total. The number of fused-ring (bicyclic) bond motifs is 3. The quantitative estimate of drug-likeness (QED) is 0.731. The average molecular weight is 444 g/mol. The first-order chi connectivity index (χ1) is 15.9. The molecule has 7 heteroatoms. The van der Waals surface area contributed by atoms with Gasteiger partial charge in [0.2, 0.25) is 11.8 Å². The number of para-hydroxylation sites is 1. The van der Waals surface area contributed by atoms with E-state index in [1.54, 1.807) is 32.2 Å². The van der Waals surface area contributed by atoms with Gasteiger partial charge in [0.1, 0.15) is 16.7 Å². The van der Waals surface area contributed by atoms with Crippen LogP contribution >= 0.6 is 0 Å². The maximum Gasteiger partial charge on any atom is 0.341 e. The van der Waals surface area contributed by atoms with Crippen molar-refractivity contribution in [3.8, 4) is 0 Å². The number of hydrogen-bond donors (Lipinski definition) is 1. The summed E-state index contributed by atoms with van der Waals surface area (Å²) in [5.41, 5.74) is 6.83. The number of anilines is 1. The molecular weight excluding hydrogens is 420 g/mol. The summed E-state index contributed by atoms with van der Waals surface area (Å²) in [5, 5.41) is 0. The molecule has 1 amide bonds. The normalized spacial score (nSPS) is 24.1. The molecule has 5 rings (SSSR count). The zero-order valence-electron chi connectivity index (χ0n) is 18.5. The summed E-state index contributed by atoms with van der Waals surface area (Å²) in [4.78, 5) is 42.3. The number of nitrogens with zero attached hydrogens (tertiary/aromatic N) is 1. The summed E-state index contributed by atoms with van der Waals surface area (Å²) in [6, 6.07) is 16.8.